The minimum absolute atomic E-state index is 0.0329. The Balaban J connectivity index is 1.82. The van der Waals surface area contributed by atoms with Crippen molar-refractivity contribution in [3.63, 3.8) is 0 Å². The van der Waals surface area contributed by atoms with Crippen LogP contribution in [-0.2, 0) is 28.3 Å². The maximum Gasteiger partial charge on any atom is 0.243 e. The fourth-order valence-corrected chi connectivity index (χ4v) is 5.23. The van der Waals surface area contributed by atoms with Gasteiger partial charge in [0.2, 0.25) is 11.8 Å². The summed E-state index contributed by atoms with van der Waals surface area (Å²) in [5.74, 6) is 0.912. The van der Waals surface area contributed by atoms with Crippen molar-refractivity contribution in [2.45, 2.75) is 45.5 Å². The first-order valence-electron chi connectivity index (χ1n) is 11.9. The van der Waals surface area contributed by atoms with Crippen LogP contribution in [0.5, 0.6) is 0 Å². The van der Waals surface area contributed by atoms with Crippen molar-refractivity contribution in [2.24, 2.45) is 0 Å². The van der Waals surface area contributed by atoms with E-state index in [1.54, 1.807) is 16.7 Å². The molecule has 0 aliphatic heterocycles. The van der Waals surface area contributed by atoms with Crippen LogP contribution in [0, 0.1) is 13.8 Å². The van der Waals surface area contributed by atoms with E-state index in [1.807, 2.05) is 61.5 Å². The first kappa shape index (κ1) is 27.0. The molecule has 0 bridgehead atoms. The molecule has 0 spiro atoms. The van der Waals surface area contributed by atoms with Crippen molar-refractivity contribution in [1.82, 2.24) is 10.2 Å². The van der Waals surface area contributed by atoms with E-state index in [4.69, 9.17) is 0 Å². The Morgan fingerprint density at radius 3 is 2.20 bits per heavy atom. The summed E-state index contributed by atoms with van der Waals surface area (Å²) in [5, 5.41) is 2.94. The summed E-state index contributed by atoms with van der Waals surface area (Å²) in [6.45, 7) is 6.98. The number of thioether (sulfide) groups is 1. The van der Waals surface area contributed by atoms with Gasteiger partial charge in [-0.15, -0.1) is 11.8 Å². The molecule has 4 nitrogen and oxygen atoms in total. The van der Waals surface area contributed by atoms with E-state index in [0.717, 1.165) is 21.4 Å². The molecule has 3 aromatic rings. The number of hydrogen-bond acceptors (Lipinski definition) is 3. The summed E-state index contributed by atoms with van der Waals surface area (Å²) >= 11 is 5.07. The highest BCUT2D eigenvalue weighted by Crippen LogP contribution is 2.20. The fourth-order valence-electron chi connectivity index (χ4n) is 4.12. The summed E-state index contributed by atoms with van der Waals surface area (Å²) in [6.07, 6.45) is 0.469. The molecule has 3 aromatic carbocycles. The number of likely N-dealkylation sites (N-methyl/N-ethyl adjacent to an activating group) is 1. The van der Waals surface area contributed by atoms with Gasteiger partial charge in [0, 0.05) is 29.7 Å². The number of carbonyl (C=O) groups is 2. The number of rotatable bonds is 11. The van der Waals surface area contributed by atoms with E-state index in [9.17, 15) is 9.59 Å². The van der Waals surface area contributed by atoms with Crippen LogP contribution in [-0.4, -0.2) is 35.1 Å². The maximum atomic E-state index is 13.6. The summed E-state index contributed by atoms with van der Waals surface area (Å²) in [4.78, 5) is 28.5. The summed E-state index contributed by atoms with van der Waals surface area (Å²) in [7, 11) is 0. The van der Waals surface area contributed by atoms with Gasteiger partial charge in [0.25, 0.3) is 0 Å². The Bertz CT molecular complexity index is 1100. The highest BCUT2D eigenvalue weighted by atomic mass is 79.9. The molecule has 0 saturated carbocycles. The van der Waals surface area contributed by atoms with Crippen LogP contribution >= 0.6 is 27.7 Å². The molecule has 2 amide bonds. The monoisotopic (exact) mass is 552 g/mol. The predicted molar refractivity (Wildman–Crippen MR) is 149 cm³/mol. The molecule has 0 saturated heterocycles. The second-order valence-corrected chi connectivity index (χ2v) is 10.6. The molecule has 0 aliphatic rings. The van der Waals surface area contributed by atoms with Crippen molar-refractivity contribution >= 4 is 39.5 Å². The third-order valence-electron chi connectivity index (χ3n) is 5.66. The molecular formula is C29H33BrN2O2S. The number of halogens is 1. The molecule has 0 aromatic heterocycles. The van der Waals surface area contributed by atoms with Gasteiger partial charge >= 0.3 is 0 Å². The molecule has 0 radical (unpaired) electrons. The predicted octanol–water partition coefficient (Wildman–Crippen LogP) is 6.08. The lowest BCUT2D eigenvalue weighted by molar-refractivity contribution is -0.139. The van der Waals surface area contributed by atoms with Crippen LogP contribution in [0.4, 0.5) is 0 Å². The number of carbonyl (C=O) groups excluding carboxylic acids is 2. The van der Waals surface area contributed by atoms with E-state index in [0.29, 0.717) is 25.3 Å². The normalized spacial score (nSPS) is 11.7. The van der Waals surface area contributed by atoms with E-state index in [1.165, 1.54) is 16.7 Å². The Labute approximate surface area is 221 Å². The van der Waals surface area contributed by atoms with Gasteiger partial charge in [-0.3, -0.25) is 9.59 Å². The highest BCUT2D eigenvalue weighted by Gasteiger charge is 2.30. The number of nitrogens with zero attached hydrogens (tertiary/aromatic N) is 1. The lowest BCUT2D eigenvalue weighted by atomic mass is 10.0. The first-order valence-corrected chi connectivity index (χ1v) is 13.8. The maximum absolute atomic E-state index is 13.6. The molecule has 1 atom stereocenters. The van der Waals surface area contributed by atoms with E-state index >= 15 is 0 Å². The van der Waals surface area contributed by atoms with Crippen LogP contribution in [0.2, 0.25) is 0 Å². The van der Waals surface area contributed by atoms with Crippen LogP contribution in [0.1, 0.15) is 34.7 Å². The smallest absolute Gasteiger partial charge is 0.243 e. The average molecular weight is 554 g/mol. The quantitative estimate of drug-likeness (QED) is 0.313. The van der Waals surface area contributed by atoms with Crippen molar-refractivity contribution in [3.8, 4) is 0 Å². The second kappa shape index (κ2) is 13.5. The summed E-state index contributed by atoms with van der Waals surface area (Å²) in [6, 6.07) is 23.7. The largest absolute Gasteiger partial charge is 0.355 e. The molecule has 6 heteroatoms. The molecule has 1 N–H and O–H groups in total. The topological polar surface area (TPSA) is 49.4 Å². The van der Waals surface area contributed by atoms with Gasteiger partial charge in [0.15, 0.2) is 0 Å². The van der Waals surface area contributed by atoms with E-state index in [2.05, 4.69) is 53.3 Å². The number of amides is 2. The lowest BCUT2D eigenvalue weighted by Crippen LogP contribution is -2.51. The summed E-state index contributed by atoms with van der Waals surface area (Å²) < 4.78 is 0.979. The Kier molecular flexibility index (Phi) is 10.4. The number of hydrogen-bond donors (Lipinski definition) is 1. The molecule has 0 fully saturated rings. The zero-order valence-electron chi connectivity index (χ0n) is 20.6. The SMILES string of the molecule is CCNC(=O)C(Cc1ccccc1)N(Cc1ccc(Br)cc1)C(=O)CSCc1cc(C)cc(C)c1. The van der Waals surface area contributed by atoms with Crippen molar-refractivity contribution in [2.75, 3.05) is 12.3 Å². The standard InChI is InChI=1S/C29H33BrN2O2S/c1-4-31-29(34)27(17-23-8-6-5-7-9-23)32(18-24-10-12-26(30)13-11-24)28(33)20-35-19-25-15-21(2)14-22(3)16-25/h5-16,27H,4,17-20H2,1-3H3,(H,31,34). The van der Waals surface area contributed by atoms with Crippen molar-refractivity contribution < 1.29 is 9.59 Å². The van der Waals surface area contributed by atoms with Gasteiger partial charge in [0.1, 0.15) is 6.04 Å². The molecule has 3 rings (SSSR count). The first-order chi connectivity index (χ1) is 16.9. The number of aryl methyl sites for hydroxylation is 2. The molecule has 35 heavy (non-hydrogen) atoms. The van der Waals surface area contributed by atoms with Crippen LogP contribution in [0.3, 0.4) is 0 Å². The van der Waals surface area contributed by atoms with Crippen molar-refractivity contribution in [1.29, 1.82) is 0 Å². The van der Waals surface area contributed by atoms with Gasteiger partial charge < -0.3 is 10.2 Å². The minimum Gasteiger partial charge on any atom is -0.355 e. The van der Waals surface area contributed by atoms with Gasteiger partial charge in [0.05, 0.1) is 5.75 Å². The van der Waals surface area contributed by atoms with Crippen molar-refractivity contribution in [3.05, 3.63) is 105 Å². The fraction of sp³-hybridized carbons (Fsp3) is 0.310. The lowest BCUT2D eigenvalue weighted by Gasteiger charge is -2.31. The number of nitrogens with one attached hydrogen (secondary N) is 1. The second-order valence-electron chi connectivity index (χ2n) is 8.74. The van der Waals surface area contributed by atoms with Crippen LogP contribution in [0.15, 0.2) is 77.3 Å². The Morgan fingerprint density at radius 1 is 0.914 bits per heavy atom. The van der Waals surface area contributed by atoms with E-state index < -0.39 is 6.04 Å². The Hall–Kier alpha value is -2.57. The third kappa shape index (κ3) is 8.55. The zero-order valence-corrected chi connectivity index (χ0v) is 23.0. The van der Waals surface area contributed by atoms with Crippen LogP contribution in [0.25, 0.3) is 0 Å². The third-order valence-corrected chi connectivity index (χ3v) is 7.18. The van der Waals surface area contributed by atoms with Gasteiger partial charge in [-0.05, 0) is 49.6 Å². The summed E-state index contributed by atoms with van der Waals surface area (Å²) in [5.41, 5.74) is 5.68. The van der Waals surface area contributed by atoms with Gasteiger partial charge in [-0.1, -0.05) is 87.7 Å². The van der Waals surface area contributed by atoms with E-state index in [-0.39, 0.29) is 11.8 Å². The van der Waals surface area contributed by atoms with Gasteiger partial charge in [-0.25, -0.2) is 0 Å². The molecule has 184 valence electrons. The molecule has 1 unspecified atom stereocenters. The molecule has 0 aliphatic carbocycles. The van der Waals surface area contributed by atoms with Crippen LogP contribution < -0.4 is 5.32 Å². The average Bonchev–Trinajstić information content (AvgIpc) is 2.82. The molecule has 0 heterocycles. The highest BCUT2D eigenvalue weighted by molar-refractivity contribution is 9.10. The molecular weight excluding hydrogens is 520 g/mol. The van der Waals surface area contributed by atoms with Gasteiger partial charge in [-0.2, -0.15) is 0 Å². The minimum atomic E-state index is -0.588. The number of benzene rings is 3. The Morgan fingerprint density at radius 2 is 1.57 bits per heavy atom. The zero-order chi connectivity index (χ0) is 25.2.